The summed E-state index contributed by atoms with van der Waals surface area (Å²) in [6.07, 6.45) is 0. The van der Waals surface area contributed by atoms with Crippen molar-refractivity contribution in [3.05, 3.63) is 28.8 Å². The molecule has 114 valence electrons. The number of hydrogen-bond acceptors (Lipinski definition) is 4. The Morgan fingerprint density at radius 3 is 1.80 bits per heavy atom. The normalized spacial score (nSPS) is 10.8. The Balaban J connectivity index is 2.13. The maximum absolute atomic E-state index is 5.78. The zero-order chi connectivity index (χ0) is 14.8. The van der Waals surface area contributed by atoms with Crippen LogP contribution in [0.4, 0.5) is 0 Å². The summed E-state index contributed by atoms with van der Waals surface area (Å²) in [5, 5.41) is 0. The minimum atomic E-state index is 0.558. The smallest absolute Gasteiger partial charge is 0.125 e. The van der Waals surface area contributed by atoms with E-state index in [1.54, 1.807) is 7.11 Å². The lowest BCUT2D eigenvalue weighted by atomic mass is 10.1. The highest BCUT2D eigenvalue weighted by Crippen LogP contribution is 2.24. The van der Waals surface area contributed by atoms with Gasteiger partial charge in [0, 0.05) is 7.11 Å². The molecular weight excluding hydrogens is 256 g/mol. The first-order valence-corrected chi connectivity index (χ1v) is 7.00. The molecule has 0 spiro atoms. The molecule has 4 nitrogen and oxygen atoms in total. The summed E-state index contributed by atoms with van der Waals surface area (Å²) < 4.78 is 21.4. The Morgan fingerprint density at radius 1 is 0.750 bits per heavy atom. The van der Waals surface area contributed by atoms with E-state index in [2.05, 4.69) is 32.9 Å². The van der Waals surface area contributed by atoms with Crippen LogP contribution in [0.3, 0.4) is 0 Å². The Bertz CT molecular complexity index is 367. The van der Waals surface area contributed by atoms with Gasteiger partial charge < -0.3 is 18.9 Å². The minimum absolute atomic E-state index is 0.558. The van der Waals surface area contributed by atoms with Gasteiger partial charge in [-0.2, -0.15) is 0 Å². The first-order chi connectivity index (χ1) is 9.65. The number of benzene rings is 1. The maximum Gasteiger partial charge on any atom is 0.125 e. The highest BCUT2D eigenvalue weighted by atomic mass is 16.6. The Labute approximate surface area is 122 Å². The van der Waals surface area contributed by atoms with Gasteiger partial charge in [-0.1, -0.05) is 17.7 Å². The lowest BCUT2D eigenvalue weighted by Gasteiger charge is -2.13. The van der Waals surface area contributed by atoms with Gasteiger partial charge in [0.15, 0.2) is 0 Å². The summed E-state index contributed by atoms with van der Waals surface area (Å²) in [5.74, 6) is 0.968. The van der Waals surface area contributed by atoms with Crippen LogP contribution in [0.15, 0.2) is 12.1 Å². The van der Waals surface area contributed by atoms with Crippen molar-refractivity contribution >= 4 is 0 Å². The molecule has 0 aromatic heterocycles. The molecule has 0 N–H and O–H groups in total. The van der Waals surface area contributed by atoms with Crippen LogP contribution in [0.2, 0.25) is 0 Å². The molecule has 0 aliphatic carbocycles. The fraction of sp³-hybridized carbons (Fsp3) is 0.625. The van der Waals surface area contributed by atoms with Crippen LogP contribution < -0.4 is 4.74 Å². The molecule has 0 aliphatic heterocycles. The molecule has 0 saturated heterocycles. The van der Waals surface area contributed by atoms with Crippen LogP contribution in [0.1, 0.15) is 16.7 Å². The molecule has 0 saturated carbocycles. The molecule has 0 bridgehead atoms. The molecule has 1 aromatic carbocycles. The van der Waals surface area contributed by atoms with E-state index in [1.807, 2.05) is 0 Å². The van der Waals surface area contributed by atoms with Crippen LogP contribution in [-0.2, 0) is 14.2 Å². The van der Waals surface area contributed by atoms with Gasteiger partial charge in [0.2, 0.25) is 0 Å². The predicted octanol–water partition coefficient (Wildman–Crippen LogP) is 2.67. The van der Waals surface area contributed by atoms with Crippen molar-refractivity contribution in [2.24, 2.45) is 0 Å². The number of hydrogen-bond donors (Lipinski definition) is 0. The quantitative estimate of drug-likeness (QED) is 0.618. The van der Waals surface area contributed by atoms with E-state index in [4.69, 9.17) is 18.9 Å². The number of rotatable bonds is 10. The molecule has 1 rings (SSSR count). The fourth-order valence-electron chi connectivity index (χ4n) is 2.06. The Hall–Kier alpha value is -1.10. The van der Waals surface area contributed by atoms with Crippen molar-refractivity contribution in [2.45, 2.75) is 20.8 Å². The molecule has 0 radical (unpaired) electrons. The minimum Gasteiger partial charge on any atom is -0.491 e. The fourth-order valence-corrected chi connectivity index (χ4v) is 2.06. The summed E-state index contributed by atoms with van der Waals surface area (Å²) in [5.41, 5.74) is 3.60. The number of methoxy groups -OCH3 is 1. The highest BCUT2D eigenvalue weighted by Gasteiger charge is 2.04. The summed E-state index contributed by atoms with van der Waals surface area (Å²) >= 11 is 0. The van der Waals surface area contributed by atoms with Gasteiger partial charge in [-0.05, 0) is 31.9 Å². The molecular formula is C16H26O4. The number of ether oxygens (including phenoxy) is 4. The average molecular weight is 282 g/mol. The van der Waals surface area contributed by atoms with Crippen LogP contribution in [0.5, 0.6) is 5.75 Å². The molecule has 0 aliphatic rings. The van der Waals surface area contributed by atoms with Gasteiger partial charge in [0.25, 0.3) is 0 Å². The van der Waals surface area contributed by atoms with Crippen molar-refractivity contribution in [3.63, 3.8) is 0 Å². The van der Waals surface area contributed by atoms with E-state index in [0.717, 1.165) is 5.75 Å². The van der Waals surface area contributed by atoms with Crippen LogP contribution in [-0.4, -0.2) is 46.8 Å². The zero-order valence-corrected chi connectivity index (χ0v) is 13.0. The first kappa shape index (κ1) is 17.0. The topological polar surface area (TPSA) is 36.9 Å². The lowest BCUT2D eigenvalue weighted by Crippen LogP contribution is -2.13. The van der Waals surface area contributed by atoms with E-state index < -0.39 is 0 Å². The van der Waals surface area contributed by atoms with Crippen molar-refractivity contribution in [3.8, 4) is 5.75 Å². The standard InChI is InChI=1S/C16H26O4/c1-13-11-14(2)16(15(3)12-13)20-10-9-19-8-7-18-6-5-17-4/h11-12H,5-10H2,1-4H3. The third-order valence-corrected chi connectivity index (χ3v) is 2.88. The third kappa shape index (κ3) is 6.37. The highest BCUT2D eigenvalue weighted by molar-refractivity contribution is 5.42. The molecule has 0 amide bonds. The van der Waals surface area contributed by atoms with Crippen LogP contribution in [0.25, 0.3) is 0 Å². The van der Waals surface area contributed by atoms with Crippen LogP contribution in [0, 0.1) is 20.8 Å². The molecule has 0 unspecified atom stereocenters. The van der Waals surface area contributed by atoms with Crippen LogP contribution >= 0.6 is 0 Å². The van der Waals surface area contributed by atoms with Crippen molar-refractivity contribution in [2.75, 3.05) is 46.8 Å². The SMILES string of the molecule is COCCOCCOCCOc1c(C)cc(C)cc1C. The molecule has 4 heteroatoms. The van der Waals surface area contributed by atoms with Gasteiger partial charge >= 0.3 is 0 Å². The summed E-state index contributed by atoms with van der Waals surface area (Å²) in [4.78, 5) is 0. The molecule has 1 aromatic rings. The molecule has 0 atom stereocenters. The largest absolute Gasteiger partial charge is 0.491 e. The third-order valence-electron chi connectivity index (χ3n) is 2.88. The van der Waals surface area contributed by atoms with Gasteiger partial charge in [-0.25, -0.2) is 0 Å². The Kier molecular flexibility index (Phi) is 8.26. The van der Waals surface area contributed by atoms with Crippen molar-refractivity contribution < 1.29 is 18.9 Å². The number of aryl methyl sites for hydroxylation is 3. The monoisotopic (exact) mass is 282 g/mol. The first-order valence-electron chi connectivity index (χ1n) is 7.00. The summed E-state index contributed by atoms with van der Waals surface area (Å²) in [6.45, 7) is 9.76. The molecule has 0 heterocycles. The van der Waals surface area contributed by atoms with E-state index in [0.29, 0.717) is 39.6 Å². The van der Waals surface area contributed by atoms with Crippen molar-refractivity contribution in [1.82, 2.24) is 0 Å². The molecule has 0 fully saturated rings. The molecule has 20 heavy (non-hydrogen) atoms. The second-order valence-electron chi connectivity index (χ2n) is 4.79. The Morgan fingerprint density at radius 2 is 1.25 bits per heavy atom. The van der Waals surface area contributed by atoms with Gasteiger partial charge in [0.1, 0.15) is 12.4 Å². The summed E-state index contributed by atoms with van der Waals surface area (Å²) in [6, 6.07) is 4.26. The lowest BCUT2D eigenvalue weighted by molar-refractivity contribution is 0.0179. The summed E-state index contributed by atoms with van der Waals surface area (Å²) in [7, 11) is 1.66. The van der Waals surface area contributed by atoms with E-state index in [-0.39, 0.29) is 0 Å². The van der Waals surface area contributed by atoms with Gasteiger partial charge in [0.05, 0.1) is 33.0 Å². The maximum atomic E-state index is 5.78. The average Bonchev–Trinajstić information content (AvgIpc) is 2.39. The second kappa shape index (κ2) is 9.75. The van der Waals surface area contributed by atoms with Gasteiger partial charge in [-0.15, -0.1) is 0 Å². The van der Waals surface area contributed by atoms with Crippen molar-refractivity contribution in [1.29, 1.82) is 0 Å². The van der Waals surface area contributed by atoms with E-state index in [9.17, 15) is 0 Å². The zero-order valence-electron chi connectivity index (χ0n) is 13.0. The van der Waals surface area contributed by atoms with Gasteiger partial charge in [-0.3, -0.25) is 0 Å². The predicted molar refractivity (Wildman–Crippen MR) is 79.7 cm³/mol. The van der Waals surface area contributed by atoms with E-state index >= 15 is 0 Å². The second-order valence-corrected chi connectivity index (χ2v) is 4.79. The van der Waals surface area contributed by atoms with E-state index in [1.165, 1.54) is 16.7 Å².